The summed E-state index contributed by atoms with van der Waals surface area (Å²) in [5.74, 6) is -1.76. The number of rotatable bonds is 8. The Kier molecular flexibility index (Phi) is 15.6. The Hall–Kier alpha value is -4.58. The number of benzene rings is 6. The van der Waals surface area contributed by atoms with Crippen molar-refractivity contribution in [3.63, 3.8) is 0 Å². The summed E-state index contributed by atoms with van der Waals surface area (Å²) in [5.41, 5.74) is 0.752. The van der Waals surface area contributed by atoms with Crippen molar-refractivity contribution in [3.8, 4) is 0 Å². The van der Waals surface area contributed by atoms with Crippen molar-refractivity contribution in [2.24, 2.45) is 0 Å². The van der Waals surface area contributed by atoms with E-state index in [-0.39, 0.29) is 17.1 Å². The molecule has 0 radical (unpaired) electrons. The van der Waals surface area contributed by atoms with Crippen molar-refractivity contribution in [1.82, 2.24) is 0 Å². The van der Waals surface area contributed by atoms with Crippen LogP contribution in [-0.2, 0) is 17.1 Å². The van der Waals surface area contributed by atoms with Crippen LogP contribution in [0.1, 0.15) is 20.7 Å². The second-order valence-corrected chi connectivity index (χ2v) is 14.5. The van der Waals surface area contributed by atoms with Crippen LogP contribution in [0.15, 0.2) is 170 Å². The SMILES string of the molecule is F[B-](F)(F)F.O=C(O)c1ccccc1P(c1ccccc1)c1ccccc1.O=C(O)c1ccccc1P(c1ccccc1)c1ccccc1.[Cu+]. The Labute approximate surface area is 300 Å². The Balaban J connectivity index is 0.000000234. The molecule has 6 aromatic rings. The number of hydrogen-bond donors (Lipinski definition) is 2. The van der Waals surface area contributed by atoms with Gasteiger partial charge in [0, 0.05) is 0 Å². The van der Waals surface area contributed by atoms with Gasteiger partial charge >= 0.3 is 36.3 Å². The fraction of sp³-hybridized carbons (Fsp3) is 0. The first-order valence-electron chi connectivity index (χ1n) is 14.9. The van der Waals surface area contributed by atoms with E-state index in [4.69, 9.17) is 0 Å². The van der Waals surface area contributed by atoms with Gasteiger partial charge in [-0.25, -0.2) is 9.59 Å². The number of aromatic carboxylic acids is 2. The van der Waals surface area contributed by atoms with Gasteiger partial charge in [0.15, 0.2) is 0 Å². The molecule has 0 heterocycles. The fourth-order valence-corrected chi connectivity index (χ4v) is 9.74. The third-order valence-electron chi connectivity index (χ3n) is 6.81. The molecule has 0 aliphatic rings. The molecule has 258 valence electrons. The van der Waals surface area contributed by atoms with Crippen LogP contribution in [0.3, 0.4) is 0 Å². The Morgan fingerprint density at radius 1 is 0.400 bits per heavy atom. The third kappa shape index (κ3) is 11.8. The molecule has 2 N–H and O–H groups in total. The van der Waals surface area contributed by atoms with Crippen LogP contribution in [0.25, 0.3) is 0 Å². The van der Waals surface area contributed by atoms with Gasteiger partial charge in [-0.3, -0.25) is 0 Å². The Morgan fingerprint density at radius 2 is 0.600 bits per heavy atom. The molecule has 12 heteroatoms. The largest absolute Gasteiger partial charge is 1.00 e. The minimum Gasteiger partial charge on any atom is -0.478 e. The molecule has 0 saturated carbocycles. The van der Waals surface area contributed by atoms with E-state index in [2.05, 4.69) is 48.5 Å². The molecule has 50 heavy (non-hydrogen) atoms. The molecule has 0 atom stereocenters. The van der Waals surface area contributed by atoms with Gasteiger partial charge in [0.1, 0.15) is 0 Å². The van der Waals surface area contributed by atoms with Crippen LogP contribution < -0.4 is 31.8 Å². The second kappa shape index (κ2) is 19.6. The molecule has 0 saturated heterocycles. The first-order chi connectivity index (χ1) is 23.5. The molecule has 0 bridgehead atoms. The van der Waals surface area contributed by atoms with Crippen LogP contribution >= 0.6 is 15.8 Å². The molecule has 0 amide bonds. The number of carboxylic acids is 2. The van der Waals surface area contributed by atoms with Gasteiger partial charge in [-0.05, 0) is 59.8 Å². The number of carboxylic acid groups (broad SMARTS) is 2. The number of hydrogen-bond acceptors (Lipinski definition) is 2. The summed E-state index contributed by atoms with van der Waals surface area (Å²) in [4.78, 5) is 23.2. The van der Waals surface area contributed by atoms with Crippen LogP contribution in [-0.4, -0.2) is 29.4 Å². The minimum absolute atomic E-state index is 0. The average molecular weight is 763 g/mol. The monoisotopic (exact) mass is 762 g/mol. The molecule has 0 fully saturated rings. The number of halogens is 4. The molecule has 0 aliphatic heterocycles. The zero-order chi connectivity index (χ0) is 35.2. The molecule has 0 aliphatic carbocycles. The van der Waals surface area contributed by atoms with Crippen LogP contribution in [0.5, 0.6) is 0 Å². The Morgan fingerprint density at radius 3 is 0.820 bits per heavy atom. The van der Waals surface area contributed by atoms with E-state index >= 15 is 0 Å². The van der Waals surface area contributed by atoms with E-state index in [0.717, 1.165) is 31.8 Å². The first kappa shape index (κ1) is 39.9. The van der Waals surface area contributed by atoms with Crippen molar-refractivity contribution in [3.05, 3.63) is 181 Å². The van der Waals surface area contributed by atoms with E-state index in [1.165, 1.54) is 0 Å². The van der Waals surface area contributed by atoms with Crippen molar-refractivity contribution < 1.29 is 54.1 Å². The maximum absolute atomic E-state index is 11.6. The van der Waals surface area contributed by atoms with E-state index in [0.29, 0.717) is 11.1 Å². The summed E-state index contributed by atoms with van der Waals surface area (Å²) in [5, 5.41) is 25.4. The van der Waals surface area contributed by atoms with Crippen LogP contribution in [0.2, 0.25) is 0 Å². The molecule has 6 aromatic carbocycles. The quantitative estimate of drug-likeness (QED) is 0.0954. The molecular weight excluding hydrogens is 733 g/mol. The molecule has 6 rings (SSSR count). The zero-order valence-electron chi connectivity index (χ0n) is 26.2. The predicted octanol–water partition coefficient (Wildman–Crippen LogP) is 7.58. The second-order valence-electron chi connectivity index (χ2n) is 10.2. The van der Waals surface area contributed by atoms with Crippen molar-refractivity contribution in [2.45, 2.75) is 0 Å². The molecular formula is C38H30BCuF4O4P2. The van der Waals surface area contributed by atoms with Gasteiger partial charge in [0.05, 0.1) is 11.1 Å². The first-order valence-corrected chi connectivity index (χ1v) is 17.6. The summed E-state index contributed by atoms with van der Waals surface area (Å²) in [6.07, 6.45) is 0. The molecule has 0 unspecified atom stereocenters. The van der Waals surface area contributed by atoms with Gasteiger partial charge in [-0.2, -0.15) is 0 Å². The van der Waals surface area contributed by atoms with Crippen LogP contribution in [0, 0.1) is 0 Å². The molecule has 0 aromatic heterocycles. The van der Waals surface area contributed by atoms with Gasteiger partial charge in [0.2, 0.25) is 0 Å². The fourth-order valence-electron chi connectivity index (χ4n) is 4.86. The summed E-state index contributed by atoms with van der Waals surface area (Å²) < 4.78 is 39.0. The topological polar surface area (TPSA) is 74.6 Å². The van der Waals surface area contributed by atoms with E-state index in [1.807, 2.05) is 97.1 Å². The predicted molar refractivity (Wildman–Crippen MR) is 194 cm³/mol. The molecule has 0 spiro atoms. The van der Waals surface area contributed by atoms with E-state index in [9.17, 15) is 37.1 Å². The maximum atomic E-state index is 11.6. The van der Waals surface area contributed by atoms with Gasteiger partial charge in [0.25, 0.3) is 0 Å². The normalized spacial score (nSPS) is 10.5. The summed E-state index contributed by atoms with van der Waals surface area (Å²) >= 11 is 0. The Bertz CT molecular complexity index is 1720. The number of carbonyl (C=O) groups is 2. The summed E-state index contributed by atoms with van der Waals surface area (Å²) in [6.45, 7) is 0. The maximum Gasteiger partial charge on any atom is 1.00 e. The molecule has 4 nitrogen and oxygen atoms in total. The van der Waals surface area contributed by atoms with Crippen molar-refractivity contribution in [1.29, 1.82) is 0 Å². The van der Waals surface area contributed by atoms with E-state index in [1.54, 1.807) is 24.3 Å². The average Bonchev–Trinajstić information content (AvgIpc) is 3.10. The van der Waals surface area contributed by atoms with Gasteiger partial charge in [-0.1, -0.05) is 158 Å². The smallest absolute Gasteiger partial charge is 0.478 e. The minimum atomic E-state index is -6.00. The summed E-state index contributed by atoms with van der Waals surface area (Å²) in [7, 11) is -7.76. The van der Waals surface area contributed by atoms with Crippen LogP contribution in [0.4, 0.5) is 17.3 Å². The third-order valence-corrected chi connectivity index (χ3v) is 11.8. The van der Waals surface area contributed by atoms with Gasteiger partial charge < -0.3 is 27.5 Å². The van der Waals surface area contributed by atoms with Gasteiger partial charge in [-0.15, -0.1) is 0 Å². The van der Waals surface area contributed by atoms with Crippen molar-refractivity contribution in [2.75, 3.05) is 0 Å². The van der Waals surface area contributed by atoms with E-state index < -0.39 is 35.0 Å². The zero-order valence-corrected chi connectivity index (χ0v) is 28.9. The standard InChI is InChI=1S/2C19H15O2P.BF4.Cu/c2*20-19(21)17-13-7-8-14-18(17)22(15-9-3-1-4-10-15)16-11-5-2-6-12-16;2-1(3,4)5;/h2*1-14H,(H,20,21);;/q;;-1;+1. The summed E-state index contributed by atoms with van der Waals surface area (Å²) in [6, 6.07) is 55.0. The van der Waals surface area contributed by atoms with Crippen molar-refractivity contribution >= 4 is 66.9 Å².